The van der Waals surface area contributed by atoms with Crippen LogP contribution in [0.4, 0.5) is 0 Å². The van der Waals surface area contributed by atoms with Crippen LogP contribution in [0, 0.1) is 0 Å². The number of aliphatic imine (C=N–C) groups is 1. The van der Waals surface area contributed by atoms with Gasteiger partial charge in [-0.2, -0.15) is 11.8 Å². The zero-order valence-electron chi connectivity index (χ0n) is 17.3. The molecule has 0 bridgehead atoms. The molecule has 1 aromatic heterocycles. The minimum Gasteiger partial charge on any atom is -0.381 e. The van der Waals surface area contributed by atoms with Crippen molar-refractivity contribution < 1.29 is 9.26 Å². The number of hydrogen-bond donors (Lipinski definition) is 2. The topological polar surface area (TPSA) is 71.7 Å². The van der Waals surface area contributed by atoms with Gasteiger partial charge in [-0.3, -0.25) is 0 Å². The first-order chi connectivity index (χ1) is 13.2. The summed E-state index contributed by atoms with van der Waals surface area (Å²) >= 11 is 2.03. The molecule has 27 heavy (non-hydrogen) atoms. The summed E-state index contributed by atoms with van der Waals surface area (Å²) in [7, 11) is 0. The first-order valence-electron chi connectivity index (χ1n) is 10.4. The SMILES string of the molecule is CCNC(=NCc1cc(C(CC)CC)no1)NCC1(SCC)CCOCC1. The Morgan fingerprint density at radius 1 is 1.22 bits per heavy atom. The number of rotatable bonds is 10. The standard InChI is InChI=1S/C20H36N4O2S/c1-5-16(6-2)18-13-17(26-24-18)14-22-19(21-7-3)23-15-20(27-8-4)9-11-25-12-10-20/h13,16H,5-12,14-15H2,1-4H3,(H2,21,22,23). The minimum absolute atomic E-state index is 0.234. The second-order valence-electron chi connectivity index (χ2n) is 7.01. The van der Waals surface area contributed by atoms with E-state index in [1.807, 2.05) is 11.8 Å². The molecule has 0 spiro atoms. The average Bonchev–Trinajstić information content (AvgIpc) is 3.15. The van der Waals surface area contributed by atoms with Gasteiger partial charge in [0.2, 0.25) is 0 Å². The van der Waals surface area contributed by atoms with Crippen molar-refractivity contribution in [2.75, 3.05) is 32.1 Å². The van der Waals surface area contributed by atoms with Crippen molar-refractivity contribution >= 4 is 17.7 Å². The molecule has 0 amide bonds. The number of aromatic nitrogens is 1. The Hall–Kier alpha value is -1.21. The molecule has 0 aromatic carbocycles. The van der Waals surface area contributed by atoms with Gasteiger partial charge in [-0.05, 0) is 38.4 Å². The van der Waals surface area contributed by atoms with Gasteiger partial charge in [0.25, 0.3) is 0 Å². The second kappa shape index (κ2) is 11.6. The number of nitrogens with one attached hydrogen (secondary N) is 2. The van der Waals surface area contributed by atoms with E-state index in [0.717, 1.165) is 75.2 Å². The van der Waals surface area contributed by atoms with Crippen LogP contribution in [0.2, 0.25) is 0 Å². The highest BCUT2D eigenvalue weighted by Gasteiger charge is 2.32. The second-order valence-corrected chi connectivity index (χ2v) is 8.74. The molecule has 1 fully saturated rings. The molecule has 7 heteroatoms. The number of thioether (sulfide) groups is 1. The molecule has 2 rings (SSSR count). The predicted molar refractivity (Wildman–Crippen MR) is 114 cm³/mol. The van der Waals surface area contributed by atoms with Gasteiger partial charge in [-0.15, -0.1) is 0 Å². The van der Waals surface area contributed by atoms with Gasteiger partial charge in [0.05, 0.1) is 5.69 Å². The Morgan fingerprint density at radius 2 is 1.96 bits per heavy atom. The lowest BCUT2D eigenvalue weighted by Gasteiger charge is -2.37. The molecule has 0 atom stereocenters. The highest BCUT2D eigenvalue weighted by atomic mass is 32.2. The number of hydrogen-bond acceptors (Lipinski definition) is 5. The van der Waals surface area contributed by atoms with E-state index in [2.05, 4.69) is 49.6 Å². The normalized spacial score (nSPS) is 17.3. The molecule has 1 aromatic rings. The fourth-order valence-corrected chi connectivity index (χ4v) is 4.71. The number of guanidine groups is 1. The minimum atomic E-state index is 0.234. The van der Waals surface area contributed by atoms with Crippen molar-refractivity contribution in [1.29, 1.82) is 0 Å². The van der Waals surface area contributed by atoms with E-state index in [0.29, 0.717) is 12.5 Å². The van der Waals surface area contributed by atoms with Crippen LogP contribution in [0.25, 0.3) is 0 Å². The van der Waals surface area contributed by atoms with E-state index in [-0.39, 0.29) is 4.75 Å². The Morgan fingerprint density at radius 3 is 2.59 bits per heavy atom. The number of ether oxygens (including phenoxy) is 1. The maximum Gasteiger partial charge on any atom is 0.191 e. The van der Waals surface area contributed by atoms with E-state index < -0.39 is 0 Å². The molecular weight excluding hydrogens is 360 g/mol. The van der Waals surface area contributed by atoms with Gasteiger partial charge in [0.15, 0.2) is 11.7 Å². The molecule has 2 N–H and O–H groups in total. The van der Waals surface area contributed by atoms with E-state index >= 15 is 0 Å². The van der Waals surface area contributed by atoms with Crippen molar-refractivity contribution in [2.45, 2.75) is 70.6 Å². The summed E-state index contributed by atoms with van der Waals surface area (Å²) in [6, 6.07) is 2.05. The van der Waals surface area contributed by atoms with Crippen molar-refractivity contribution in [1.82, 2.24) is 15.8 Å². The van der Waals surface area contributed by atoms with E-state index in [1.54, 1.807) is 0 Å². The third-order valence-electron chi connectivity index (χ3n) is 5.15. The van der Waals surface area contributed by atoms with Crippen LogP contribution in [0.5, 0.6) is 0 Å². The number of nitrogens with zero attached hydrogens (tertiary/aromatic N) is 2. The molecule has 0 aliphatic carbocycles. The maximum atomic E-state index is 5.56. The summed E-state index contributed by atoms with van der Waals surface area (Å²) < 4.78 is 11.3. The Balaban J connectivity index is 1.97. The Labute approximate surface area is 168 Å². The van der Waals surface area contributed by atoms with Gasteiger partial charge in [0, 0.05) is 43.0 Å². The zero-order chi connectivity index (χ0) is 19.5. The largest absolute Gasteiger partial charge is 0.381 e. The van der Waals surface area contributed by atoms with Crippen molar-refractivity contribution in [3.8, 4) is 0 Å². The van der Waals surface area contributed by atoms with Crippen molar-refractivity contribution in [3.63, 3.8) is 0 Å². The lowest BCUT2D eigenvalue weighted by Crippen LogP contribution is -2.48. The third kappa shape index (κ3) is 6.71. The molecule has 154 valence electrons. The van der Waals surface area contributed by atoms with Crippen LogP contribution >= 0.6 is 11.8 Å². The van der Waals surface area contributed by atoms with Crippen LogP contribution in [-0.4, -0.2) is 47.9 Å². The van der Waals surface area contributed by atoms with Gasteiger partial charge in [0.1, 0.15) is 6.54 Å². The van der Waals surface area contributed by atoms with E-state index in [9.17, 15) is 0 Å². The van der Waals surface area contributed by atoms with Crippen molar-refractivity contribution in [2.24, 2.45) is 4.99 Å². The van der Waals surface area contributed by atoms with Crippen LogP contribution in [0.3, 0.4) is 0 Å². The molecule has 0 saturated carbocycles. The van der Waals surface area contributed by atoms with Gasteiger partial charge < -0.3 is 19.9 Å². The van der Waals surface area contributed by atoms with Gasteiger partial charge >= 0.3 is 0 Å². The van der Waals surface area contributed by atoms with Crippen LogP contribution in [-0.2, 0) is 11.3 Å². The van der Waals surface area contributed by atoms with Gasteiger partial charge in [-0.1, -0.05) is 25.9 Å². The third-order valence-corrected chi connectivity index (χ3v) is 6.60. The molecular formula is C20H36N4O2S. The summed E-state index contributed by atoms with van der Waals surface area (Å²) in [5.74, 6) is 3.24. The van der Waals surface area contributed by atoms with Crippen LogP contribution in [0.1, 0.15) is 70.8 Å². The molecule has 2 heterocycles. The first-order valence-corrected chi connectivity index (χ1v) is 11.3. The summed E-state index contributed by atoms with van der Waals surface area (Å²) in [4.78, 5) is 4.70. The fraction of sp³-hybridized carbons (Fsp3) is 0.800. The van der Waals surface area contributed by atoms with E-state index in [4.69, 9.17) is 14.3 Å². The molecule has 0 radical (unpaired) electrons. The smallest absolute Gasteiger partial charge is 0.191 e. The fourth-order valence-electron chi connectivity index (χ4n) is 3.47. The quantitative estimate of drug-likeness (QED) is 0.461. The predicted octanol–water partition coefficient (Wildman–Crippen LogP) is 3.94. The zero-order valence-corrected chi connectivity index (χ0v) is 18.2. The summed E-state index contributed by atoms with van der Waals surface area (Å²) in [6.45, 7) is 12.6. The average molecular weight is 397 g/mol. The Kier molecular flexibility index (Phi) is 9.48. The first kappa shape index (κ1) is 22.1. The monoisotopic (exact) mass is 396 g/mol. The highest BCUT2D eigenvalue weighted by Crippen LogP contribution is 2.34. The van der Waals surface area contributed by atoms with Crippen LogP contribution < -0.4 is 10.6 Å². The van der Waals surface area contributed by atoms with Crippen LogP contribution in [0.15, 0.2) is 15.6 Å². The molecule has 0 unspecified atom stereocenters. The van der Waals surface area contributed by atoms with Crippen molar-refractivity contribution in [3.05, 3.63) is 17.5 Å². The summed E-state index contributed by atoms with van der Waals surface area (Å²) in [5.41, 5.74) is 1.05. The lowest BCUT2D eigenvalue weighted by atomic mass is 9.99. The molecule has 1 saturated heterocycles. The maximum absolute atomic E-state index is 5.56. The Bertz CT molecular complexity index is 561. The van der Waals surface area contributed by atoms with E-state index in [1.165, 1.54) is 0 Å². The summed E-state index contributed by atoms with van der Waals surface area (Å²) in [6.07, 6.45) is 4.32. The summed E-state index contributed by atoms with van der Waals surface area (Å²) in [5, 5.41) is 11.1. The van der Waals surface area contributed by atoms with Gasteiger partial charge in [-0.25, -0.2) is 4.99 Å². The molecule has 6 nitrogen and oxygen atoms in total. The molecule has 1 aliphatic heterocycles. The lowest BCUT2D eigenvalue weighted by molar-refractivity contribution is 0.0782. The highest BCUT2D eigenvalue weighted by molar-refractivity contribution is 8.00. The molecule has 1 aliphatic rings.